The summed E-state index contributed by atoms with van der Waals surface area (Å²) in [7, 11) is -5.01. The van der Waals surface area contributed by atoms with Crippen LogP contribution in [0, 0.1) is 0 Å². The van der Waals surface area contributed by atoms with Gasteiger partial charge in [0.2, 0.25) is 0 Å². The molecule has 0 atom stereocenters. The molecule has 0 heterocycles. The number of phosphoric acid groups is 1. The van der Waals surface area contributed by atoms with Crippen LogP contribution in [-0.2, 0) is 9.09 Å². The fourth-order valence-corrected chi connectivity index (χ4v) is 1.98. The Kier molecular flexibility index (Phi) is 29.8. The van der Waals surface area contributed by atoms with Crippen molar-refractivity contribution in [1.82, 2.24) is 0 Å². The van der Waals surface area contributed by atoms with Crippen LogP contribution in [0.4, 0.5) is 0 Å². The summed E-state index contributed by atoms with van der Waals surface area (Å²) in [4.78, 5) is 20.9. The van der Waals surface area contributed by atoms with Crippen LogP contribution in [0.5, 0.6) is 5.75 Å². The number of phosphoric ester groups is 1. The maximum atomic E-state index is 10.4. The number of rotatable bonds is 6. The fraction of sp³-hybridized carbons (Fsp3) is 0.538. The third-order valence-electron chi connectivity index (χ3n) is 2.73. The average Bonchev–Trinajstić information content (AvgIpc) is 2.26. The summed E-state index contributed by atoms with van der Waals surface area (Å²) in [5.74, 6) is 1.04. The molecule has 1 aromatic rings. The SMILES string of the molecule is CC(C)c1cccc(C(C)C)c1OCOP(=O)([O-])[O-].O.O.O.O.[Na+].[Na+]. The van der Waals surface area contributed by atoms with E-state index in [4.69, 9.17) is 4.74 Å². The minimum Gasteiger partial charge on any atom is -0.790 e. The molecule has 25 heavy (non-hydrogen) atoms. The van der Waals surface area contributed by atoms with Gasteiger partial charge < -0.3 is 45.5 Å². The van der Waals surface area contributed by atoms with Crippen LogP contribution < -0.4 is 73.6 Å². The molecule has 9 nitrogen and oxygen atoms in total. The summed E-state index contributed by atoms with van der Waals surface area (Å²) >= 11 is 0. The molecule has 0 unspecified atom stereocenters. The van der Waals surface area contributed by atoms with E-state index in [9.17, 15) is 14.4 Å². The predicted octanol–water partition coefficient (Wildman–Crippen LogP) is -7.18. The Morgan fingerprint density at radius 1 is 0.920 bits per heavy atom. The van der Waals surface area contributed by atoms with Crippen molar-refractivity contribution >= 4 is 7.82 Å². The minimum atomic E-state index is -5.01. The van der Waals surface area contributed by atoms with Crippen LogP contribution in [0.1, 0.15) is 50.7 Å². The van der Waals surface area contributed by atoms with E-state index in [1.807, 2.05) is 45.9 Å². The molecule has 1 aromatic carbocycles. The maximum Gasteiger partial charge on any atom is 1.00 e. The zero-order chi connectivity index (χ0) is 14.6. The van der Waals surface area contributed by atoms with E-state index in [1.54, 1.807) is 0 Å². The summed E-state index contributed by atoms with van der Waals surface area (Å²) in [5.41, 5.74) is 1.92. The molecule has 0 bridgehead atoms. The molecule has 0 aliphatic carbocycles. The van der Waals surface area contributed by atoms with Crippen molar-refractivity contribution in [2.45, 2.75) is 39.5 Å². The monoisotopic (exact) mass is 404 g/mol. The molecular weight excluding hydrogens is 377 g/mol. The van der Waals surface area contributed by atoms with Gasteiger partial charge in [0, 0.05) is 0 Å². The first-order chi connectivity index (χ1) is 8.72. The van der Waals surface area contributed by atoms with Gasteiger partial charge in [-0.1, -0.05) is 45.9 Å². The van der Waals surface area contributed by atoms with Crippen LogP contribution in [-0.4, -0.2) is 28.7 Å². The van der Waals surface area contributed by atoms with Gasteiger partial charge in [-0.15, -0.1) is 0 Å². The first-order valence-electron chi connectivity index (χ1n) is 6.14. The molecule has 0 saturated carbocycles. The van der Waals surface area contributed by atoms with Crippen molar-refractivity contribution in [3.8, 4) is 5.75 Å². The molecule has 0 spiro atoms. The predicted molar refractivity (Wildman–Crippen MR) is 83.3 cm³/mol. The van der Waals surface area contributed by atoms with Crippen LogP contribution >= 0.6 is 7.82 Å². The number of ether oxygens (including phenoxy) is 1. The summed E-state index contributed by atoms with van der Waals surface area (Å²) in [5, 5.41) is 0. The van der Waals surface area contributed by atoms with Gasteiger partial charge in [-0.25, -0.2) is 0 Å². The molecule has 0 saturated heterocycles. The van der Waals surface area contributed by atoms with E-state index in [0.29, 0.717) is 5.75 Å². The summed E-state index contributed by atoms with van der Waals surface area (Å²) < 4.78 is 19.9. The normalized spacial score (nSPS) is 9.28. The van der Waals surface area contributed by atoms with Gasteiger partial charge in [0.1, 0.15) is 5.75 Å². The van der Waals surface area contributed by atoms with Crippen LogP contribution in [0.15, 0.2) is 18.2 Å². The molecule has 140 valence electrons. The molecular formula is C13H27Na2O9P. The van der Waals surface area contributed by atoms with Crippen molar-refractivity contribution in [3.63, 3.8) is 0 Å². The van der Waals surface area contributed by atoms with E-state index in [-0.39, 0.29) is 92.9 Å². The molecule has 1 rings (SSSR count). The van der Waals surface area contributed by atoms with Gasteiger partial charge in [-0.3, -0.25) is 0 Å². The molecule has 0 radical (unpaired) electrons. The zero-order valence-electron chi connectivity index (χ0n) is 15.6. The van der Waals surface area contributed by atoms with Crippen molar-refractivity contribution in [3.05, 3.63) is 29.3 Å². The molecule has 12 heteroatoms. The minimum absolute atomic E-state index is 0. The van der Waals surface area contributed by atoms with E-state index in [2.05, 4.69) is 4.52 Å². The van der Waals surface area contributed by atoms with E-state index >= 15 is 0 Å². The summed E-state index contributed by atoms with van der Waals surface area (Å²) in [6.07, 6.45) is 0. The first-order valence-corrected chi connectivity index (χ1v) is 7.60. The van der Waals surface area contributed by atoms with E-state index < -0.39 is 14.6 Å². The van der Waals surface area contributed by atoms with Gasteiger partial charge in [-0.2, -0.15) is 0 Å². The number of para-hydroxylation sites is 1. The Bertz CT molecular complexity index is 454. The van der Waals surface area contributed by atoms with Crippen LogP contribution in [0.2, 0.25) is 0 Å². The van der Waals surface area contributed by atoms with Gasteiger partial charge in [0.25, 0.3) is 0 Å². The topological polar surface area (TPSA) is 208 Å². The third-order valence-corrected chi connectivity index (χ3v) is 3.16. The Balaban J connectivity index is -0.000000150. The second-order valence-corrected chi connectivity index (χ2v) is 6.07. The van der Waals surface area contributed by atoms with Crippen molar-refractivity contribution in [1.29, 1.82) is 0 Å². The van der Waals surface area contributed by atoms with Crippen LogP contribution in [0.3, 0.4) is 0 Å². The molecule has 0 aliphatic heterocycles. The molecule has 0 aliphatic rings. The van der Waals surface area contributed by atoms with Crippen molar-refractivity contribution in [2.75, 3.05) is 6.79 Å². The summed E-state index contributed by atoms with van der Waals surface area (Å²) in [6, 6.07) is 5.77. The smallest absolute Gasteiger partial charge is 0.790 e. The zero-order valence-corrected chi connectivity index (χ0v) is 20.5. The Hall–Kier alpha value is 0.970. The van der Waals surface area contributed by atoms with E-state index in [0.717, 1.165) is 11.1 Å². The average molecular weight is 404 g/mol. The fourth-order valence-electron chi connectivity index (χ4n) is 1.80. The molecule has 0 amide bonds. The number of benzene rings is 1. The Labute approximate surface area is 192 Å². The Morgan fingerprint density at radius 3 is 1.56 bits per heavy atom. The van der Waals surface area contributed by atoms with Gasteiger partial charge in [0.05, 0.1) is 7.82 Å². The molecule has 8 N–H and O–H groups in total. The number of hydrogen-bond donors (Lipinski definition) is 0. The summed E-state index contributed by atoms with van der Waals surface area (Å²) in [6.45, 7) is 7.46. The van der Waals surface area contributed by atoms with Gasteiger partial charge in [-0.05, 0) is 23.0 Å². The first kappa shape index (κ1) is 40.6. The van der Waals surface area contributed by atoms with E-state index in [1.165, 1.54) is 0 Å². The molecule has 0 fully saturated rings. The Morgan fingerprint density at radius 2 is 1.28 bits per heavy atom. The third kappa shape index (κ3) is 14.7. The second kappa shape index (κ2) is 18.3. The van der Waals surface area contributed by atoms with Crippen molar-refractivity contribution < 1.29 is 105 Å². The van der Waals surface area contributed by atoms with Gasteiger partial charge >= 0.3 is 59.1 Å². The van der Waals surface area contributed by atoms with Gasteiger partial charge in [0.15, 0.2) is 6.79 Å². The maximum absolute atomic E-state index is 10.4. The van der Waals surface area contributed by atoms with Crippen molar-refractivity contribution in [2.24, 2.45) is 0 Å². The largest absolute Gasteiger partial charge is 1.00 e. The standard InChI is InChI=1S/C13H21O5P.2Na.4H2O/c1-9(2)11-6-5-7-12(10(3)4)13(11)17-8-18-19(14,15)16;;;;;;/h5-7,9-10H,8H2,1-4H3,(H2,14,15,16);;;4*1H2/q;2*+1;;;;/p-2. The second-order valence-electron chi connectivity index (χ2n) is 4.91. The molecule has 0 aromatic heterocycles. The number of hydrogen-bond acceptors (Lipinski definition) is 5. The quantitative estimate of drug-likeness (QED) is 0.256. The van der Waals surface area contributed by atoms with Crippen LogP contribution in [0.25, 0.3) is 0 Å².